The highest BCUT2D eigenvalue weighted by molar-refractivity contribution is 5.84. The zero-order chi connectivity index (χ0) is 18.9. The molecule has 0 bridgehead atoms. The fourth-order valence-electron chi connectivity index (χ4n) is 4.65. The molecule has 2 aliphatic rings. The van der Waals surface area contributed by atoms with Crippen molar-refractivity contribution in [1.29, 1.82) is 0 Å². The summed E-state index contributed by atoms with van der Waals surface area (Å²) in [7, 11) is 0. The first-order valence-corrected chi connectivity index (χ1v) is 10.0. The van der Waals surface area contributed by atoms with Gasteiger partial charge in [-0.1, -0.05) is 24.3 Å². The van der Waals surface area contributed by atoms with Crippen LogP contribution < -0.4 is 0 Å². The third-order valence-corrected chi connectivity index (χ3v) is 6.33. The lowest BCUT2D eigenvalue weighted by Gasteiger charge is -2.39. The van der Waals surface area contributed by atoms with E-state index in [2.05, 4.69) is 52.9 Å². The number of nitrogens with zero attached hydrogens (tertiary/aromatic N) is 3. The summed E-state index contributed by atoms with van der Waals surface area (Å²) < 4.78 is 0. The van der Waals surface area contributed by atoms with E-state index in [1.165, 1.54) is 16.7 Å². The van der Waals surface area contributed by atoms with Gasteiger partial charge in [0.2, 0.25) is 5.91 Å². The van der Waals surface area contributed by atoms with Crippen LogP contribution in [0, 0.1) is 19.3 Å². The Morgan fingerprint density at radius 3 is 2.70 bits per heavy atom. The maximum absolute atomic E-state index is 13.3. The van der Waals surface area contributed by atoms with Gasteiger partial charge in [0.25, 0.3) is 0 Å². The molecule has 1 aromatic heterocycles. The Labute approximate surface area is 162 Å². The van der Waals surface area contributed by atoms with E-state index < -0.39 is 0 Å². The van der Waals surface area contributed by atoms with Gasteiger partial charge in [-0.3, -0.25) is 14.7 Å². The minimum atomic E-state index is -0.180. The molecule has 2 saturated heterocycles. The molecule has 0 aliphatic carbocycles. The number of rotatable bonds is 4. The van der Waals surface area contributed by atoms with Gasteiger partial charge in [0, 0.05) is 38.6 Å². The molecule has 2 aliphatic heterocycles. The molecule has 2 aromatic rings. The van der Waals surface area contributed by atoms with Crippen LogP contribution in [0.2, 0.25) is 0 Å². The summed E-state index contributed by atoms with van der Waals surface area (Å²) in [6.07, 6.45) is 6.77. The van der Waals surface area contributed by atoms with Crippen molar-refractivity contribution in [2.75, 3.05) is 19.6 Å². The van der Waals surface area contributed by atoms with Crippen molar-refractivity contribution in [1.82, 2.24) is 14.8 Å². The third-order valence-electron chi connectivity index (χ3n) is 6.33. The average molecular weight is 364 g/mol. The van der Waals surface area contributed by atoms with Crippen molar-refractivity contribution in [2.45, 2.75) is 46.2 Å². The predicted octanol–water partition coefficient (Wildman–Crippen LogP) is 3.71. The maximum atomic E-state index is 13.3. The minimum Gasteiger partial charge on any atom is -0.338 e. The first-order chi connectivity index (χ1) is 13.1. The van der Waals surface area contributed by atoms with E-state index >= 15 is 0 Å². The van der Waals surface area contributed by atoms with Crippen molar-refractivity contribution in [3.63, 3.8) is 0 Å². The fraction of sp³-hybridized carbons (Fsp3) is 0.478. The zero-order valence-corrected chi connectivity index (χ0v) is 16.4. The van der Waals surface area contributed by atoms with E-state index in [0.717, 1.165) is 51.0 Å². The van der Waals surface area contributed by atoms with Gasteiger partial charge < -0.3 is 4.90 Å². The summed E-state index contributed by atoms with van der Waals surface area (Å²) >= 11 is 0. The number of carbonyl (C=O) groups is 1. The number of hydrogen-bond acceptors (Lipinski definition) is 3. The Hall–Kier alpha value is -2.20. The highest BCUT2D eigenvalue weighted by Gasteiger charge is 2.48. The summed E-state index contributed by atoms with van der Waals surface area (Å²) in [6, 6.07) is 10.7. The third kappa shape index (κ3) is 3.77. The summed E-state index contributed by atoms with van der Waals surface area (Å²) in [6.45, 7) is 8.73. The van der Waals surface area contributed by atoms with Crippen LogP contribution in [0.1, 0.15) is 41.5 Å². The van der Waals surface area contributed by atoms with Crippen molar-refractivity contribution >= 4 is 5.91 Å². The first kappa shape index (κ1) is 18.2. The number of piperidine rings is 1. The van der Waals surface area contributed by atoms with Crippen LogP contribution in [0.25, 0.3) is 0 Å². The maximum Gasteiger partial charge on any atom is 0.230 e. The monoisotopic (exact) mass is 363 g/mol. The number of benzene rings is 1. The molecule has 1 aromatic carbocycles. The minimum absolute atomic E-state index is 0.180. The summed E-state index contributed by atoms with van der Waals surface area (Å²) in [5, 5.41) is 0. The first-order valence-electron chi connectivity index (χ1n) is 10.0. The summed E-state index contributed by atoms with van der Waals surface area (Å²) in [5.74, 6) is 0.347. The predicted molar refractivity (Wildman–Crippen MR) is 107 cm³/mol. The highest BCUT2D eigenvalue weighted by Crippen LogP contribution is 2.41. The lowest BCUT2D eigenvalue weighted by molar-refractivity contribution is -0.146. The van der Waals surface area contributed by atoms with E-state index in [0.29, 0.717) is 12.5 Å². The van der Waals surface area contributed by atoms with E-state index in [-0.39, 0.29) is 5.41 Å². The van der Waals surface area contributed by atoms with Crippen molar-refractivity contribution < 1.29 is 4.79 Å². The molecule has 4 nitrogen and oxygen atoms in total. The molecule has 1 atom stereocenters. The van der Waals surface area contributed by atoms with E-state index in [4.69, 9.17) is 0 Å². The molecule has 4 heteroatoms. The van der Waals surface area contributed by atoms with Gasteiger partial charge in [0.05, 0.1) is 5.41 Å². The lowest BCUT2D eigenvalue weighted by atomic mass is 9.78. The van der Waals surface area contributed by atoms with Crippen LogP contribution in [-0.2, 0) is 17.9 Å². The van der Waals surface area contributed by atoms with Crippen LogP contribution in [0.15, 0.2) is 42.7 Å². The number of likely N-dealkylation sites (tertiary alicyclic amines) is 2. The van der Waals surface area contributed by atoms with E-state index in [1.807, 2.05) is 12.3 Å². The molecule has 4 rings (SSSR count). The van der Waals surface area contributed by atoms with E-state index in [1.54, 1.807) is 6.20 Å². The second-order valence-corrected chi connectivity index (χ2v) is 8.35. The number of hydrogen-bond donors (Lipinski definition) is 0. The standard InChI is InChI=1S/C23H29N3O/c1-18-6-7-20(13-19(18)2)15-25-12-9-23(17-25)8-4-11-26(22(23)27)16-21-5-3-10-24-14-21/h3,5-7,10,13-14H,4,8-9,11-12,15-17H2,1-2H3/t23-/m0/s1. The van der Waals surface area contributed by atoms with Crippen LogP contribution >= 0.6 is 0 Å². The Kier molecular flexibility index (Phi) is 5.00. The molecule has 1 amide bonds. The number of carbonyl (C=O) groups excluding carboxylic acids is 1. The second kappa shape index (κ2) is 7.43. The van der Waals surface area contributed by atoms with Crippen LogP contribution in [-0.4, -0.2) is 40.3 Å². The van der Waals surface area contributed by atoms with Gasteiger partial charge in [-0.05, 0) is 68.0 Å². The van der Waals surface area contributed by atoms with Gasteiger partial charge in [-0.15, -0.1) is 0 Å². The zero-order valence-electron chi connectivity index (χ0n) is 16.4. The number of pyridine rings is 1. The molecule has 2 fully saturated rings. The Balaban J connectivity index is 1.43. The van der Waals surface area contributed by atoms with Gasteiger partial charge in [-0.2, -0.15) is 0 Å². The Bertz CT molecular complexity index is 820. The van der Waals surface area contributed by atoms with Crippen molar-refractivity contribution in [2.24, 2.45) is 5.41 Å². The average Bonchev–Trinajstić information content (AvgIpc) is 3.07. The molecular formula is C23H29N3O. The van der Waals surface area contributed by atoms with Crippen LogP contribution in [0.4, 0.5) is 0 Å². The molecule has 0 radical (unpaired) electrons. The summed E-state index contributed by atoms with van der Waals surface area (Å²) in [4.78, 5) is 22.0. The van der Waals surface area contributed by atoms with Crippen molar-refractivity contribution in [3.05, 3.63) is 65.0 Å². The Morgan fingerprint density at radius 2 is 1.93 bits per heavy atom. The van der Waals surface area contributed by atoms with Crippen LogP contribution in [0.5, 0.6) is 0 Å². The molecule has 1 spiro atoms. The smallest absolute Gasteiger partial charge is 0.230 e. The molecule has 27 heavy (non-hydrogen) atoms. The molecule has 0 unspecified atom stereocenters. The molecule has 3 heterocycles. The SMILES string of the molecule is Cc1ccc(CN2CC[C@@]3(CCCN(Cc4cccnc4)C3=O)C2)cc1C. The quantitative estimate of drug-likeness (QED) is 0.831. The highest BCUT2D eigenvalue weighted by atomic mass is 16.2. The second-order valence-electron chi connectivity index (χ2n) is 8.35. The van der Waals surface area contributed by atoms with Gasteiger partial charge in [-0.25, -0.2) is 0 Å². The van der Waals surface area contributed by atoms with Gasteiger partial charge >= 0.3 is 0 Å². The van der Waals surface area contributed by atoms with Gasteiger partial charge in [0.1, 0.15) is 0 Å². The Morgan fingerprint density at radius 1 is 1.04 bits per heavy atom. The van der Waals surface area contributed by atoms with Crippen LogP contribution in [0.3, 0.4) is 0 Å². The van der Waals surface area contributed by atoms with E-state index in [9.17, 15) is 4.79 Å². The number of amides is 1. The largest absolute Gasteiger partial charge is 0.338 e. The summed E-state index contributed by atoms with van der Waals surface area (Å²) in [5.41, 5.74) is 4.97. The normalized spacial score (nSPS) is 23.3. The molecule has 0 saturated carbocycles. The topological polar surface area (TPSA) is 36.4 Å². The fourth-order valence-corrected chi connectivity index (χ4v) is 4.65. The molecule has 0 N–H and O–H groups in total. The lowest BCUT2D eigenvalue weighted by Crippen LogP contribution is -2.49. The molecule has 142 valence electrons. The molecular weight excluding hydrogens is 334 g/mol. The van der Waals surface area contributed by atoms with Crippen molar-refractivity contribution in [3.8, 4) is 0 Å². The number of aromatic nitrogens is 1. The van der Waals surface area contributed by atoms with Gasteiger partial charge in [0.15, 0.2) is 0 Å². The number of aryl methyl sites for hydroxylation is 2.